The molecule has 0 aliphatic heterocycles. The molecule has 0 spiro atoms. The van der Waals surface area contributed by atoms with Gasteiger partial charge in [-0.05, 0) is 19.1 Å². The van der Waals surface area contributed by atoms with Crippen LogP contribution in [-0.2, 0) is 0 Å². The molecule has 0 amide bonds. The number of amidine groups is 1. The Morgan fingerprint density at radius 2 is 2.00 bits per heavy atom. The second-order valence-corrected chi connectivity index (χ2v) is 2.69. The maximum absolute atomic E-state index is 13.2. The average molecular weight is 217 g/mol. The predicted octanol–water partition coefficient (Wildman–Crippen LogP) is 1.33. The van der Waals surface area contributed by atoms with E-state index in [2.05, 4.69) is 10.4 Å². The minimum absolute atomic E-state index is 0.0195. The molecule has 3 nitrogen and oxygen atoms in total. The van der Waals surface area contributed by atoms with Gasteiger partial charge in [-0.25, -0.2) is 19.0 Å². The Hall–Kier alpha value is -1.56. The van der Waals surface area contributed by atoms with Gasteiger partial charge in [-0.3, -0.25) is 4.99 Å². The number of benzene rings is 1. The summed E-state index contributed by atoms with van der Waals surface area (Å²) in [5.74, 6) is 0.977. The van der Waals surface area contributed by atoms with Gasteiger partial charge in [-0.1, -0.05) is 0 Å². The molecular formula is C9H10F3N3. The van der Waals surface area contributed by atoms with Gasteiger partial charge in [0.15, 0.2) is 17.5 Å². The van der Waals surface area contributed by atoms with Gasteiger partial charge in [0, 0.05) is 6.54 Å². The van der Waals surface area contributed by atoms with Crippen LogP contribution < -0.4 is 11.3 Å². The Bertz CT molecular complexity index is 390. The van der Waals surface area contributed by atoms with Crippen LogP contribution in [0.2, 0.25) is 0 Å². The fourth-order valence-corrected chi connectivity index (χ4v) is 1.08. The van der Waals surface area contributed by atoms with Crippen molar-refractivity contribution in [2.45, 2.75) is 6.92 Å². The van der Waals surface area contributed by atoms with Crippen LogP contribution in [0.3, 0.4) is 0 Å². The van der Waals surface area contributed by atoms with Crippen LogP contribution in [0.15, 0.2) is 17.1 Å². The molecule has 0 radical (unpaired) electrons. The molecule has 0 unspecified atom stereocenters. The number of hydrogen-bond acceptors (Lipinski definition) is 2. The van der Waals surface area contributed by atoms with Gasteiger partial charge in [0.1, 0.15) is 5.84 Å². The van der Waals surface area contributed by atoms with E-state index in [-0.39, 0.29) is 11.4 Å². The normalized spacial score (nSPS) is 11.7. The lowest BCUT2D eigenvalue weighted by atomic mass is 10.2. The van der Waals surface area contributed by atoms with Crippen molar-refractivity contribution in [3.05, 3.63) is 35.1 Å². The van der Waals surface area contributed by atoms with E-state index >= 15 is 0 Å². The molecule has 3 N–H and O–H groups in total. The first kappa shape index (κ1) is 11.5. The Kier molecular flexibility index (Phi) is 3.68. The third-order valence-electron chi connectivity index (χ3n) is 1.74. The van der Waals surface area contributed by atoms with E-state index in [9.17, 15) is 13.2 Å². The molecule has 0 heterocycles. The lowest BCUT2D eigenvalue weighted by Gasteiger charge is -2.07. The van der Waals surface area contributed by atoms with Gasteiger partial charge < -0.3 is 5.43 Å². The second kappa shape index (κ2) is 4.79. The van der Waals surface area contributed by atoms with Gasteiger partial charge in [-0.15, -0.1) is 0 Å². The highest BCUT2D eigenvalue weighted by atomic mass is 19.2. The molecule has 82 valence electrons. The zero-order valence-corrected chi connectivity index (χ0v) is 8.02. The standard InChI is InChI=1S/C9H10F3N3/c1-2-14-9(15-13)5-3-4-6(10)8(12)7(5)11/h3-4H,2,13H2,1H3,(H,14,15). The molecule has 0 aromatic heterocycles. The molecule has 1 aromatic carbocycles. The maximum Gasteiger partial charge on any atom is 0.195 e. The largest absolute Gasteiger partial charge is 0.308 e. The molecule has 0 atom stereocenters. The molecule has 15 heavy (non-hydrogen) atoms. The minimum Gasteiger partial charge on any atom is -0.308 e. The first-order chi connectivity index (χ1) is 7.11. The smallest absolute Gasteiger partial charge is 0.195 e. The SMILES string of the molecule is CCN=C(NN)c1ccc(F)c(F)c1F. The third kappa shape index (κ3) is 2.27. The summed E-state index contributed by atoms with van der Waals surface area (Å²) in [5.41, 5.74) is 1.93. The predicted molar refractivity (Wildman–Crippen MR) is 50.7 cm³/mol. The highest BCUT2D eigenvalue weighted by molar-refractivity contribution is 5.98. The highest BCUT2D eigenvalue weighted by Crippen LogP contribution is 2.15. The number of aliphatic imine (C=N–C) groups is 1. The molecule has 0 saturated carbocycles. The maximum atomic E-state index is 13.2. The van der Waals surface area contributed by atoms with E-state index in [1.165, 1.54) is 0 Å². The zero-order valence-electron chi connectivity index (χ0n) is 8.02. The lowest BCUT2D eigenvalue weighted by Crippen LogP contribution is -2.32. The van der Waals surface area contributed by atoms with Crippen LogP contribution in [0.25, 0.3) is 0 Å². The van der Waals surface area contributed by atoms with Crippen molar-refractivity contribution in [1.82, 2.24) is 5.43 Å². The summed E-state index contributed by atoms with van der Waals surface area (Å²) in [6.07, 6.45) is 0. The number of rotatable bonds is 2. The van der Waals surface area contributed by atoms with Crippen LogP contribution in [0.1, 0.15) is 12.5 Å². The number of nitrogens with two attached hydrogens (primary N) is 1. The van der Waals surface area contributed by atoms with Crippen molar-refractivity contribution >= 4 is 5.84 Å². The van der Waals surface area contributed by atoms with Crippen molar-refractivity contribution in [3.8, 4) is 0 Å². The molecule has 0 aliphatic rings. The summed E-state index contributed by atoms with van der Waals surface area (Å²) in [5, 5.41) is 0. The summed E-state index contributed by atoms with van der Waals surface area (Å²) in [6.45, 7) is 2.05. The van der Waals surface area contributed by atoms with Gasteiger partial charge >= 0.3 is 0 Å². The average Bonchev–Trinajstić information content (AvgIpc) is 2.24. The summed E-state index contributed by atoms with van der Waals surface area (Å²) in [6, 6.07) is 1.89. The number of nitrogens with zero attached hydrogens (tertiary/aromatic N) is 1. The van der Waals surface area contributed by atoms with E-state index in [0.29, 0.717) is 6.54 Å². The highest BCUT2D eigenvalue weighted by Gasteiger charge is 2.16. The topological polar surface area (TPSA) is 50.4 Å². The Balaban J connectivity index is 3.26. The van der Waals surface area contributed by atoms with Crippen molar-refractivity contribution in [2.24, 2.45) is 10.8 Å². The summed E-state index contributed by atoms with van der Waals surface area (Å²) in [4.78, 5) is 3.80. The molecule has 1 rings (SSSR count). The van der Waals surface area contributed by atoms with E-state index in [4.69, 9.17) is 5.84 Å². The number of halogens is 3. The Labute approximate surface area is 84.8 Å². The molecule has 6 heteroatoms. The molecule has 1 aromatic rings. The third-order valence-corrected chi connectivity index (χ3v) is 1.74. The summed E-state index contributed by atoms with van der Waals surface area (Å²) < 4.78 is 38.7. The number of hydrogen-bond donors (Lipinski definition) is 2. The van der Waals surface area contributed by atoms with Crippen LogP contribution in [-0.4, -0.2) is 12.4 Å². The van der Waals surface area contributed by atoms with Crippen molar-refractivity contribution in [1.29, 1.82) is 0 Å². The van der Waals surface area contributed by atoms with E-state index in [1.54, 1.807) is 6.92 Å². The molecular weight excluding hydrogens is 207 g/mol. The van der Waals surface area contributed by atoms with Crippen molar-refractivity contribution < 1.29 is 13.2 Å². The monoisotopic (exact) mass is 217 g/mol. The quantitative estimate of drug-likeness (QED) is 0.258. The van der Waals surface area contributed by atoms with Crippen LogP contribution in [0, 0.1) is 17.5 Å². The molecule has 0 saturated heterocycles. The first-order valence-electron chi connectivity index (χ1n) is 4.26. The zero-order chi connectivity index (χ0) is 11.4. The molecule has 0 bridgehead atoms. The fourth-order valence-electron chi connectivity index (χ4n) is 1.08. The van der Waals surface area contributed by atoms with Gasteiger partial charge in [-0.2, -0.15) is 0 Å². The van der Waals surface area contributed by atoms with Crippen LogP contribution in [0.4, 0.5) is 13.2 Å². The number of hydrazine groups is 1. The fraction of sp³-hybridized carbons (Fsp3) is 0.222. The summed E-state index contributed by atoms with van der Waals surface area (Å²) >= 11 is 0. The van der Waals surface area contributed by atoms with Gasteiger partial charge in [0.2, 0.25) is 0 Å². The van der Waals surface area contributed by atoms with Gasteiger partial charge in [0.05, 0.1) is 5.56 Å². The van der Waals surface area contributed by atoms with E-state index in [1.807, 2.05) is 0 Å². The lowest BCUT2D eigenvalue weighted by molar-refractivity contribution is 0.446. The van der Waals surface area contributed by atoms with E-state index < -0.39 is 17.5 Å². The minimum atomic E-state index is -1.54. The molecule has 0 aliphatic carbocycles. The number of nitrogens with one attached hydrogen (secondary N) is 1. The Morgan fingerprint density at radius 1 is 1.33 bits per heavy atom. The van der Waals surface area contributed by atoms with Crippen molar-refractivity contribution in [3.63, 3.8) is 0 Å². The molecule has 0 fully saturated rings. The van der Waals surface area contributed by atoms with Crippen LogP contribution in [0.5, 0.6) is 0 Å². The van der Waals surface area contributed by atoms with Gasteiger partial charge in [0.25, 0.3) is 0 Å². The summed E-state index contributed by atoms with van der Waals surface area (Å²) in [7, 11) is 0. The Morgan fingerprint density at radius 3 is 2.53 bits per heavy atom. The van der Waals surface area contributed by atoms with E-state index in [0.717, 1.165) is 12.1 Å². The van der Waals surface area contributed by atoms with Crippen molar-refractivity contribution in [2.75, 3.05) is 6.54 Å². The first-order valence-corrected chi connectivity index (χ1v) is 4.26. The van der Waals surface area contributed by atoms with Crippen LogP contribution >= 0.6 is 0 Å². The second-order valence-electron chi connectivity index (χ2n) is 2.69.